The fraction of sp³-hybridized carbons (Fsp3) is 0.800. The number of aliphatic hydroxyl groups excluding tert-OH is 1. The Morgan fingerprint density at radius 1 is 1.57 bits per heavy atom. The Hall–Kier alpha value is -0.530. The molecule has 2 N–H and O–H groups in total. The molecule has 2 heteroatoms. The summed E-state index contributed by atoms with van der Waals surface area (Å²) in [6.07, 6.45) is 0. The first-order valence-electron chi connectivity index (χ1n) is 2.42. The highest BCUT2D eigenvalue weighted by atomic mass is 16.3. The lowest BCUT2D eigenvalue weighted by molar-refractivity contribution is -0.502. The number of aliphatic hydroxyl groups is 1. The summed E-state index contributed by atoms with van der Waals surface area (Å²) in [5, 5.41) is 8.53. The van der Waals surface area contributed by atoms with Crippen LogP contribution in [0.2, 0.25) is 0 Å². The van der Waals surface area contributed by atoms with Crippen LogP contribution in [-0.4, -0.2) is 17.0 Å². The second-order valence-electron chi connectivity index (χ2n) is 1.88. The Balaban J connectivity index is 3.45. The van der Waals surface area contributed by atoms with Gasteiger partial charge in [0.05, 0.1) is 6.92 Å². The van der Waals surface area contributed by atoms with E-state index in [1.807, 2.05) is 13.8 Å². The van der Waals surface area contributed by atoms with Crippen LogP contribution in [0.5, 0.6) is 0 Å². The van der Waals surface area contributed by atoms with Crippen molar-refractivity contribution >= 4 is 5.90 Å². The third-order valence-electron chi connectivity index (χ3n) is 0.498. The van der Waals surface area contributed by atoms with Crippen molar-refractivity contribution in [2.45, 2.75) is 26.8 Å². The zero-order valence-electron chi connectivity index (χ0n) is 5.02. The molecule has 2 nitrogen and oxygen atoms in total. The maximum atomic E-state index is 8.53. The number of nitrogens with one attached hydrogen (secondary N) is 1. The highest BCUT2D eigenvalue weighted by molar-refractivity contribution is 5.63. The monoisotopic (exact) mass is 102 g/mol. The lowest BCUT2D eigenvalue weighted by Crippen LogP contribution is -2.77. The Morgan fingerprint density at radius 2 is 2.00 bits per heavy atom. The molecule has 0 spiro atoms. The zero-order chi connectivity index (χ0) is 5.86. The van der Waals surface area contributed by atoms with Gasteiger partial charge in [-0.3, -0.25) is 0 Å². The third kappa shape index (κ3) is 5.47. The van der Waals surface area contributed by atoms with Crippen LogP contribution in [0.1, 0.15) is 20.8 Å². The summed E-state index contributed by atoms with van der Waals surface area (Å²) in [6.45, 7) is 5.57. The Kier molecular flexibility index (Phi) is 2.41. The van der Waals surface area contributed by atoms with Crippen LogP contribution >= 0.6 is 0 Å². The van der Waals surface area contributed by atoms with Gasteiger partial charge in [-0.25, -0.2) is 4.99 Å². The molecule has 0 aromatic carbocycles. The summed E-state index contributed by atoms with van der Waals surface area (Å²) in [4.78, 5) is 2.78. The molecule has 0 aromatic heterocycles. The van der Waals surface area contributed by atoms with E-state index in [0.717, 1.165) is 0 Å². The minimum atomic E-state index is 0.287. The molecule has 0 atom stereocenters. The molecule has 0 fully saturated rings. The summed E-state index contributed by atoms with van der Waals surface area (Å²) in [6, 6.07) is 0.338. The maximum absolute atomic E-state index is 8.53. The molecule has 0 radical (unpaired) electrons. The van der Waals surface area contributed by atoms with E-state index in [0.29, 0.717) is 6.04 Å². The predicted molar refractivity (Wildman–Crippen MR) is 29.4 cm³/mol. The second kappa shape index (κ2) is 2.61. The Bertz CT molecular complexity index is 72.1. The second-order valence-corrected chi connectivity index (χ2v) is 1.88. The first-order chi connectivity index (χ1) is 3.13. The van der Waals surface area contributed by atoms with Crippen molar-refractivity contribution in [2.75, 3.05) is 0 Å². The molecule has 0 bridgehead atoms. The summed E-state index contributed by atoms with van der Waals surface area (Å²) in [5.41, 5.74) is 0. The quantitative estimate of drug-likeness (QED) is 0.338. The molecule has 0 saturated heterocycles. The van der Waals surface area contributed by atoms with Crippen molar-refractivity contribution in [3.8, 4) is 0 Å². The van der Waals surface area contributed by atoms with E-state index in [1.54, 1.807) is 6.92 Å². The van der Waals surface area contributed by atoms with Gasteiger partial charge in [0.25, 0.3) is 0 Å². The number of rotatable bonds is 1. The largest absolute Gasteiger partial charge is 0.464 e. The van der Waals surface area contributed by atoms with Gasteiger partial charge in [0.2, 0.25) is 0 Å². The molecular weight excluding hydrogens is 90.1 g/mol. The third-order valence-corrected chi connectivity index (χ3v) is 0.498. The summed E-state index contributed by atoms with van der Waals surface area (Å²) in [5.74, 6) is 0.287. The fourth-order valence-corrected chi connectivity index (χ4v) is 0.418. The highest BCUT2D eigenvalue weighted by Gasteiger charge is 1.93. The maximum Gasteiger partial charge on any atom is 0.329 e. The molecule has 0 aromatic rings. The van der Waals surface area contributed by atoms with Gasteiger partial charge in [0, 0.05) is 0 Å². The van der Waals surface area contributed by atoms with Crippen molar-refractivity contribution in [3.63, 3.8) is 0 Å². The molecule has 0 aliphatic heterocycles. The first-order valence-corrected chi connectivity index (χ1v) is 2.42. The van der Waals surface area contributed by atoms with Crippen LogP contribution < -0.4 is 4.99 Å². The van der Waals surface area contributed by atoms with Crippen LogP contribution in [0, 0.1) is 0 Å². The van der Waals surface area contributed by atoms with E-state index in [-0.39, 0.29) is 5.90 Å². The lowest BCUT2D eigenvalue weighted by Gasteiger charge is -1.85. The van der Waals surface area contributed by atoms with Gasteiger partial charge < -0.3 is 5.11 Å². The highest BCUT2D eigenvalue weighted by Crippen LogP contribution is 1.57. The van der Waals surface area contributed by atoms with Gasteiger partial charge in [0.15, 0.2) is 0 Å². The van der Waals surface area contributed by atoms with Gasteiger partial charge in [0.1, 0.15) is 6.04 Å². The summed E-state index contributed by atoms with van der Waals surface area (Å²) in [7, 11) is 0. The van der Waals surface area contributed by atoms with Gasteiger partial charge in [-0.2, -0.15) is 0 Å². The van der Waals surface area contributed by atoms with Gasteiger partial charge >= 0.3 is 5.90 Å². The number of hydrogen-bond donors (Lipinski definition) is 2. The van der Waals surface area contributed by atoms with Crippen molar-refractivity contribution < 1.29 is 10.1 Å². The molecular formula is C5H12NO+. The van der Waals surface area contributed by atoms with Gasteiger partial charge in [-0.15, -0.1) is 0 Å². The average molecular weight is 102 g/mol. The van der Waals surface area contributed by atoms with Crippen molar-refractivity contribution in [3.05, 3.63) is 0 Å². The van der Waals surface area contributed by atoms with Crippen molar-refractivity contribution in [2.24, 2.45) is 0 Å². The standard InChI is InChI=1S/C5H11NO/c1-4(2)6-5(3)7/h4H,1-3H3,(H,6,7)/p+1. The summed E-state index contributed by atoms with van der Waals surface area (Å²) < 4.78 is 0. The lowest BCUT2D eigenvalue weighted by atomic mass is 10.4. The van der Waals surface area contributed by atoms with E-state index < -0.39 is 0 Å². The topological polar surface area (TPSA) is 34.2 Å². The van der Waals surface area contributed by atoms with E-state index >= 15 is 0 Å². The van der Waals surface area contributed by atoms with E-state index in [1.165, 1.54) is 0 Å². The van der Waals surface area contributed by atoms with E-state index in [4.69, 9.17) is 5.11 Å². The van der Waals surface area contributed by atoms with E-state index in [9.17, 15) is 0 Å². The molecule has 7 heavy (non-hydrogen) atoms. The fourth-order valence-electron chi connectivity index (χ4n) is 0.418. The smallest absolute Gasteiger partial charge is 0.329 e. The molecule has 0 rings (SSSR count). The minimum Gasteiger partial charge on any atom is -0.464 e. The predicted octanol–water partition coefficient (Wildman–Crippen LogP) is -0.548. The van der Waals surface area contributed by atoms with Gasteiger partial charge in [-0.05, 0) is 13.8 Å². The van der Waals surface area contributed by atoms with Gasteiger partial charge in [-0.1, -0.05) is 0 Å². The Labute approximate surface area is 43.9 Å². The van der Waals surface area contributed by atoms with Crippen LogP contribution in [0.15, 0.2) is 0 Å². The average Bonchev–Trinajstić information content (AvgIpc) is 1.27. The van der Waals surface area contributed by atoms with Crippen LogP contribution in [-0.2, 0) is 0 Å². The SMILES string of the molecule is CC(O)=[NH+]C(C)C. The molecule has 42 valence electrons. The minimum absolute atomic E-state index is 0.287. The van der Waals surface area contributed by atoms with Crippen LogP contribution in [0.3, 0.4) is 0 Å². The molecule has 0 amide bonds. The first kappa shape index (κ1) is 6.47. The Morgan fingerprint density at radius 3 is 2.00 bits per heavy atom. The van der Waals surface area contributed by atoms with Crippen LogP contribution in [0.4, 0.5) is 0 Å². The molecule has 0 heterocycles. The number of hydrogen-bond acceptors (Lipinski definition) is 0. The molecule has 0 saturated carbocycles. The van der Waals surface area contributed by atoms with Crippen molar-refractivity contribution in [1.82, 2.24) is 0 Å². The normalized spacial score (nSPS) is 12.9. The van der Waals surface area contributed by atoms with Crippen LogP contribution in [0.25, 0.3) is 0 Å². The summed E-state index contributed by atoms with van der Waals surface area (Å²) >= 11 is 0. The molecule has 0 aliphatic rings. The molecule has 0 unspecified atom stereocenters. The van der Waals surface area contributed by atoms with Crippen molar-refractivity contribution in [1.29, 1.82) is 0 Å². The van der Waals surface area contributed by atoms with E-state index in [2.05, 4.69) is 4.99 Å². The zero-order valence-corrected chi connectivity index (χ0v) is 5.02. The molecule has 0 aliphatic carbocycles.